The van der Waals surface area contributed by atoms with Crippen LogP contribution in [-0.2, 0) is 14.3 Å². The molecule has 1 N–H and O–H groups in total. The van der Waals surface area contributed by atoms with Gasteiger partial charge in [-0.2, -0.15) is 0 Å². The van der Waals surface area contributed by atoms with Gasteiger partial charge in [-0.05, 0) is 46.0 Å². The highest BCUT2D eigenvalue weighted by molar-refractivity contribution is 6.01. The molecule has 2 rings (SSSR count). The predicted octanol–water partition coefficient (Wildman–Crippen LogP) is 1.85. The van der Waals surface area contributed by atoms with Crippen molar-refractivity contribution >= 4 is 11.8 Å². The molecule has 0 saturated carbocycles. The van der Waals surface area contributed by atoms with Gasteiger partial charge >= 0.3 is 0 Å². The summed E-state index contributed by atoms with van der Waals surface area (Å²) in [6.07, 6.45) is 4.49. The molecule has 120 valence electrons. The Balaban J connectivity index is 2.20. The van der Waals surface area contributed by atoms with Crippen molar-refractivity contribution < 1.29 is 14.3 Å². The van der Waals surface area contributed by atoms with Crippen LogP contribution in [0.2, 0.25) is 0 Å². The summed E-state index contributed by atoms with van der Waals surface area (Å²) < 4.78 is 5.65. The molecule has 0 radical (unpaired) electrons. The quantitative estimate of drug-likeness (QED) is 0.842. The van der Waals surface area contributed by atoms with Crippen LogP contribution in [0, 0.1) is 0 Å². The molecule has 0 spiro atoms. The molecule has 5 heteroatoms. The zero-order chi connectivity index (χ0) is 15.7. The maximum absolute atomic E-state index is 12.8. The Hall–Kier alpha value is -1.10. The van der Waals surface area contributed by atoms with Gasteiger partial charge in [0.15, 0.2) is 0 Å². The fraction of sp³-hybridized carbons (Fsp3) is 0.875. The Morgan fingerprint density at radius 3 is 2.48 bits per heavy atom. The molecule has 2 aliphatic heterocycles. The molecule has 1 unspecified atom stereocenters. The summed E-state index contributed by atoms with van der Waals surface area (Å²) in [5.74, 6) is -0.00626. The zero-order valence-electron chi connectivity index (χ0n) is 13.7. The molecule has 0 bridgehead atoms. The van der Waals surface area contributed by atoms with Crippen molar-refractivity contribution in [3.8, 4) is 0 Å². The summed E-state index contributed by atoms with van der Waals surface area (Å²) in [4.78, 5) is 27.2. The highest BCUT2D eigenvalue weighted by atomic mass is 16.5. The monoisotopic (exact) mass is 296 g/mol. The van der Waals surface area contributed by atoms with E-state index in [0.717, 1.165) is 25.9 Å². The van der Waals surface area contributed by atoms with Gasteiger partial charge in [0.25, 0.3) is 0 Å². The van der Waals surface area contributed by atoms with Gasteiger partial charge in [0.2, 0.25) is 11.8 Å². The van der Waals surface area contributed by atoms with Gasteiger partial charge < -0.3 is 15.0 Å². The lowest BCUT2D eigenvalue weighted by Crippen LogP contribution is -2.74. The average molecular weight is 296 g/mol. The molecule has 0 aliphatic carbocycles. The number of carbonyl (C=O) groups is 2. The first kappa shape index (κ1) is 16.3. The van der Waals surface area contributed by atoms with Crippen molar-refractivity contribution in [1.82, 2.24) is 10.2 Å². The Kier molecular flexibility index (Phi) is 4.61. The second-order valence-electron chi connectivity index (χ2n) is 6.70. The third-order valence-electron chi connectivity index (χ3n) is 5.01. The van der Waals surface area contributed by atoms with Gasteiger partial charge in [-0.1, -0.05) is 13.8 Å². The van der Waals surface area contributed by atoms with Crippen LogP contribution >= 0.6 is 0 Å². The molecule has 21 heavy (non-hydrogen) atoms. The minimum absolute atomic E-state index is 0.0174. The van der Waals surface area contributed by atoms with Crippen LogP contribution in [0.25, 0.3) is 0 Å². The van der Waals surface area contributed by atoms with Crippen molar-refractivity contribution in [3.63, 3.8) is 0 Å². The van der Waals surface area contributed by atoms with E-state index in [1.165, 1.54) is 0 Å². The number of hydrogen-bond donors (Lipinski definition) is 1. The average Bonchev–Trinajstić information content (AvgIpc) is 2.94. The fourth-order valence-electron chi connectivity index (χ4n) is 3.52. The standard InChI is InChI=1S/C16H28N2O3/c1-5-16(6-2)13(19)17-15(3,4)14(20)18(16)10-9-12-8-7-11-21-12/h12H,5-11H2,1-4H3,(H,17,19). The number of carbonyl (C=O) groups excluding carboxylic acids is 2. The first-order valence-electron chi connectivity index (χ1n) is 8.13. The van der Waals surface area contributed by atoms with E-state index in [0.29, 0.717) is 19.4 Å². The van der Waals surface area contributed by atoms with E-state index in [-0.39, 0.29) is 17.9 Å². The summed E-state index contributed by atoms with van der Waals surface area (Å²) >= 11 is 0. The van der Waals surface area contributed by atoms with Gasteiger partial charge in [-0.25, -0.2) is 0 Å². The summed E-state index contributed by atoms with van der Waals surface area (Å²) in [6.45, 7) is 8.93. The lowest BCUT2D eigenvalue weighted by molar-refractivity contribution is -0.163. The number of nitrogens with zero attached hydrogens (tertiary/aromatic N) is 1. The minimum atomic E-state index is -0.818. The molecule has 0 aromatic carbocycles. The van der Waals surface area contributed by atoms with Gasteiger partial charge in [-0.3, -0.25) is 9.59 Å². The van der Waals surface area contributed by atoms with Crippen LogP contribution in [-0.4, -0.2) is 47.0 Å². The summed E-state index contributed by atoms with van der Waals surface area (Å²) in [6, 6.07) is 0. The Labute approximate surface area is 127 Å². The lowest BCUT2D eigenvalue weighted by atomic mass is 9.82. The van der Waals surface area contributed by atoms with E-state index in [9.17, 15) is 9.59 Å². The molecule has 0 aromatic rings. The van der Waals surface area contributed by atoms with E-state index in [4.69, 9.17) is 4.74 Å². The molecular weight excluding hydrogens is 268 g/mol. The van der Waals surface area contributed by atoms with Gasteiger partial charge in [-0.15, -0.1) is 0 Å². The molecular formula is C16H28N2O3. The third-order valence-corrected chi connectivity index (χ3v) is 5.01. The largest absolute Gasteiger partial charge is 0.378 e. The van der Waals surface area contributed by atoms with E-state index >= 15 is 0 Å². The number of ether oxygens (including phenoxy) is 1. The smallest absolute Gasteiger partial charge is 0.248 e. The molecule has 1 atom stereocenters. The topological polar surface area (TPSA) is 58.6 Å². The van der Waals surface area contributed by atoms with Crippen molar-refractivity contribution in [1.29, 1.82) is 0 Å². The molecule has 2 amide bonds. The molecule has 2 heterocycles. The highest BCUT2D eigenvalue weighted by Crippen LogP contribution is 2.32. The fourth-order valence-corrected chi connectivity index (χ4v) is 3.52. The normalized spacial score (nSPS) is 27.8. The van der Waals surface area contributed by atoms with E-state index < -0.39 is 11.1 Å². The van der Waals surface area contributed by atoms with Crippen LogP contribution in [0.15, 0.2) is 0 Å². The molecule has 2 fully saturated rings. The SMILES string of the molecule is CCC1(CC)C(=O)NC(C)(C)C(=O)N1CCC1CCCO1. The molecule has 0 aromatic heterocycles. The van der Waals surface area contributed by atoms with E-state index in [1.807, 2.05) is 18.7 Å². The van der Waals surface area contributed by atoms with Crippen LogP contribution < -0.4 is 5.32 Å². The van der Waals surface area contributed by atoms with Crippen molar-refractivity contribution in [2.75, 3.05) is 13.2 Å². The van der Waals surface area contributed by atoms with E-state index in [1.54, 1.807) is 13.8 Å². The second-order valence-corrected chi connectivity index (χ2v) is 6.70. The van der Waals surface area contributed by atoms with Crippen LogP contribution in [0.1, 0.15) is 59.8 Å². The highest BCUT2D eigenvalue weighted by Gasteiger charge is 2.53. The third kappa shape index (κ3) is 2.80. The summed E-state index contributed by atoms with van der Waals surface area (Å²) in [5.41, 5.74) is -1.52. The summed E-state index contributed by atoms with van der Waals surface area (Å²) in [7, 11) is 0. The maximum atomic E-state index is 12.8. The number of amides is 2. The number of rotatable bonds is 5. The number of piperazine rings is 1. The number of nitrogens with one attached hydrogen (secondary N) is 1. The second kappa shape index (κ2) is 5.95. The maximum Gasteiger partial charge on any atom is 0.248 e. The Bertz CT molecular complexity index is 410. The van der Waals surface area contributed by atoms with Crippen LogP contribution in [0.5, 0.6) is 0 Å². The van der Waals surface area contributed by atoms with Crippen molar-refractivity contribution in [3.05, 3.63) is 0 Å². The zero-order valence-corrected chi connectivity index (χ0v) is 13.7. The van der Waals surface area contributed by atoms with E-state index in [2.05, 4.69) is 5.32 Å². The molecule has 2 aliphatic rings. The lowest BCUT2D eigenvalue weighted by Gasteiger charge is -2.50. The Morgan fingerprint density at radius 1 is 1.29 bits per heavy atom. The van der Waals surface area contributed by atoms with Crippen LogP contribution in [0.3, 0.4) is 0 Å². The molecule has 2 saturated heterocycles. The first-order chi connectivity index (χ1) is 9.87. The molecule has 5 nitrogen and oxygen atoms in total. The summed E-state index contributed by atoms with van der Waals surface area (Å²) in [5, 5.41) is 2.89. The Morgan fingerprint density at radius 2 is 1.95 bits per heavy atom. The van der Waals surface area contributed by atoms with Gasteiger partial charge in [0.05, 0.1) is 6.10 Å². The first-order valence-corrected chi connectivity index (χ1v) is 8.13. The van der Waals surface area contributed by atoms with Gasteiger partial charge in [0, 0.05) is 13.2 Å². The predicted molar refractivity (Wildman–Crippen MR) is 80.8 cm³/mol. The van der Waals surface area contributed by atoms with Crippen molar-refractivity contribution in [2.45, 2.75) is 77.0 Å². The van der Waals surface area contributed by atoms with Crippen LogP contribution in [0.4, 0.5) is 0 Å². The number of hydrogen-bond acceptors (Lipinski definition) is 3. The van der Waals surface area contributed by atoms with Crippen molar-refractivity contribution in [2.24, 2.45) is 0 Å². The van der Waals surface area contributed by atoms with Gasteiger partial charge in [0.1, 0.15) is 11.1 Å². The minimum Gasteiger partial charge on any atom is -0.378 e.